The van der Waals surface area contributed by atoms with Gasteiger partial charge in [0, 0.05) is 45.0 Å². The zero-order valence-corrected chi connectivity index (χ0v) is 15.1. The quantitative estimate of drug-likeness (QED) is 0.817. The van der Waals surface area contributed by atoms with Crippen molar-refractivity contribution < 1.29 is 14.3 Å². The average Bonchev–Trinajstić information content (AvgIpc) is 3.02. The number of amides is 2. The van der Waals surface area contributed by atoms with Crippen LogP contribution in [-0.4, -0.2) is 58.4 Å². The maximum Gasteiger partial charge on any atom is 0.228 e. The summed E-state index contributed by atoms with van der Waals surface area (Å²) in [6, 6.07) is 3.81. The summed E-state index contributed by atoms with van der Waals surface area (Å²) in [5.41, 5.74) is 0.812. The lowest BCUT2D eigenvalue weighted by atomic mass is 9.94. The van der Waals surface area contributed by atoms with Crippen LogP contribution in [0, 0.1) is 5.92 Å². The maximum absolute atomic E-state index is 12.9. The van der Waals surface area contributed by atoms with Gasteiger partial charge in [0.1, 0.15) is 0 Å². The van der Waals surface area contributed by atoms with Crippen molar-refractivity contribution in [2.45, 2.75) is 45.3 Å². The minimum absolute atomic E-state index is 0.0562. The van der Waals surface area contributed by atoms with Gasteiger partial charge in [-0.1, -0.05) is 13.8 Å². The number of morpholine rings is 1. The molecule has 0 bridgehead atoms. The van der Waals surface area contributed by atoms with Crippen LogP contribution in [0.1, 0.15) is 38.7 Å². The highest BCUT2D eigenvalue weighted by Crippen LogP contribution is 2.28. The van der Waals surface area contributed by atoms with E-state index in [1.54, 1.807) is 17.3 Å². The molecule has 136 valence electrons. The highest BCUT2D eigenvalue weighted by atomic mass is 16.5. The normalized spacial score (nSPS) is 23.1. The van der Waals surface area contributed by atoms with Gasteiger partial charge in [0.15, 0.2) is 0 Å². The summed E-state index contributed by atoms with van der Waals surface area (Å²) in [5.74, 6) is -0.0836. The van der Waals surface area contributed by atoms with E-state index in [1.165, 1.54) is 0 Å². The van der Waals surface area contributed by atoms with Crippen molar-refractivity contribution in [3.8, 4) is 0 Å². The van der Waals surface area contributed by atoms with E-state index in [0.717, 1.165) is 18.4 Å². The van der Waals surface area contributed by atoms with Crippen LogP contribution in [0.3, 0.4) is 0 Å². The van der Waals surface area contributed by atoms with E-state index in [0.29, 0.717) is 39.2 Å². The molecule has 2 amide bonds. The number of aromatic nitrogens is 1. The summed E-state index contributed by atoms with van der Waals surface area (Å²) in [7, 11) is 0. The summed E-state index contributed by atoms with van der Waals surface area (Å²) >= 11 is 0. The molecule has 0 N–H and O–H groups in total. The smallest absolute Gasteiger partial charge is 0.228 e. The Kier molecular flexibility index (Phi) is 5.37. The van der Waals surface area contributed by atoms with E-state index < -0.39 is 0 Å². The first kappa shape index (κ1) is 17.9. The highest BCUT2D eigenvalue weighted by Gasteiger charge is 2.41. The van der Waals surface area contributed by atoms with Gasteiger partial charge in [-0.3, -0.25) is 14.6 Å². The predicted molar refractivity (Wildman–Crippen MR) is 93.6 cm³/mol. The lowest BCUT2D eigenvalue weighted by Crippen LogP contribution is -2.54. The molecular weight excluding hydrogens is 318 g/mol. The average molecular weight is 345 g/mol. The molecule has 2 fully saturated rings. The Morgan fingerprint density at radius 3 is 2.72 bits per heavy atom. The van der Waals surface area contributed by atoms with Gasteiger partial charge in [-0.15, -0.1) is 0 Å². The topological polar surface area (TPSA) is 62.7 Å². The van der Waals surface area contributed by atoms with E-state index in [-0.39, 0.29) is 23.3 Å². The number of likely N-dealkylation sites (tertiary alicyclic amines) is 1. The Bertz CT molecular complexity index is 616. The summed E-state index contributed by atoms with van der Waals surface area (Å²) in [4.78, 5) is 33.0. The molecular formula is C19H27N3O3. The summed E-state index contributed by atoms with van der Waals surface area (Å²) in [6.07, 6.45) is 5.55. The Balaban J connectivity index is 1.62. The number of carbonyl (C=O) groups excluding carboxylic acids is 2. The molecule has 25 heavy (non-hydrogen) atoms. The van der Waals surface area contributed by atoms with E-state index in [1.807, 2.05) is 17.0 Å². The zero-order chi connectivity index (χ0) is 17.9. The van der Waals surface area contributed by atoms with Crippen LogP contribution in [0.2, 0.25) is 0 Å². The molecule has 1 aromatic heterocycles. The molecule has 6 heteroatoms. The number of nitrogens with zero attached hydrogens (tertiary/aromatic N) is 3. The predicted octanol–water partition coefficient (Wildman–Crippen LogP) is 1.85. The number of ether oxygens (including phenoxy) is 1. The summed E-state index contributed by atoms with van der Waals surface area (Å²) in [5, 5.41) is 0. The van der Waals surface area contributed by atoms with Crippen molar-refractivity contribution in [3.05, 3.63) is 30.1 Å². The van der Waals surface area contributed by atoms with Crippen LogP contribution in [0.15, 0.2) is 24.5 Å². The van der Waals surface area contributed by atoms with Crippen LogP contribution in [0.25, 0.3) is 0 Å². The molecule has 0 unspecified atom stereocenters. The van der Waals surface area contributed by atoms with Crippen LogP contribution in [0.5, 0.6) is 0 Å². The number of pyridine rings is 1. The van der Waals surface area contributed by atoms with Crippen molar-refractivity contribution in [3.63, 3.8) is 0 Å². The number of hydrogen-bond donors (Lipinski definition) is 0. The van der Waals surface area contributed by atoms with Crippen molar-refractivity contribution in [1.82, 2.24) is 14.8 Å². The molecule has 6 nitrogen and oxygen atoms in total. The van der Waals surface area contributed by atoms with E-state index >= 15 is 0 Å². The molecule has 2 aliphatic heterocycles. The first-order chi connectivity index (χ1) is 12.1. The van der Waals surface area contributed by atoms with Crippen molar-refractivity contribution in [2.24, 2.45) is 5.92 Å². The van der Waals surface area contributed by atoms with E-state index in [2.05, 4.69) is 18.8 Å². The largest absolute Gasteiger partial charge is 0.371 e. The second kappa shape index (κ2) is 7.52. The fourth-order valence-corrected chi connectivity index (χ4v) is 3.77. The summed E-state index contributed by atoms with van der Waals surface area (Å²) in [6.45, 7) is 7.09. The van der Waals surface area contributed by atoms with Crippen molar-refractivity contribution in [2.75, 3.05) is 26.2 Å². The minimum atomic E-state index is -0.237. The molecule has 0 radical (unpaired) electrons. The first-order valence-corrected chi connectivity index (χ1v) is 9.16. The molecule has 2 aliphatic rings. The van der Waals surface area contributed by atoms with Gasteiger partial charge in [0.2, 0.25) is 11.8 Å². The second-order valence-electron chi connectivity index (χ2n) is 7.03. The van der Waals surface area contributed by atoms with E-state index in [4.69, 9.17) is 4.74 Å². The van der Waals surface area contributed by atoms with Crippen LogP contribution < -0.4 is 0 Å². The Labute approximate surface area is 149 Å². The second-order valence-corrected chi connectivity index (χ2v) is 7.03. The molecule has 0 aromatic carbocycles. The van der Waals surface area contributed by atoms with Crippen LogP contribution >= 0.6 is 0 Å². The van der Waals surface area contributed by atoms with Gasteiger partial charge in [-0.25, -0.2) is 0 Å². The molecule has 0 spiro atoms. The summed E-state index contributed by atoms with van der Waals surface area (Å²) < 4.78 is 5.95. The van der Waals surface area contributed by atoms with Crippen LogP contribution in [-0.2, 0) is 20.9 Å². The minimum Gasteiger partial charge on any atom is -0.371 e. The monoisotopic (exact) mass is 345 g/mol. The van der Waals surface area contributed by atoms with Gasteiger partial charge in [-0.05, 0) is 30.5 Å². The van der Waals surface area contributed by atoms with Gasteiger partial charge >= 0.3 is 0 Å². The van der Waals surface area contributed by atoms with Crippen molar-refractivity contribution in [1.29, 1.82) is 0 Å². The van der Waals surface area contributed by atoms with E-state index in [9.17, 15) is 9.59 Å². The fourth-order valence-electron chi connectivity index (χ4n) is 3.77. The lowest BCUT2D eigenvalue weighted by molar-refractivity contribution is -0.155. The molecule has 0 aliphatic carbocycles. The number of rotatable bonds is 5. The van der Waals surface area contributed by atoms with Gasteiger partial charge < -0.3 is 14.5 Å². The SMILES string of the molecule is CCC1(CC)CN(C(=O)[C@@H]2CC(=O)N(Cc3ccncc3)C2)CCO1. The number of hydrogen-bond acceptors (Lipinski definition) is 4. The molecule has 3 rings (SSSR count). The lowest BCUT2D eigenvalue weighted by Gasteiger charge is -2.42. The third-order valence-electron chi connectivity index (χ3n) is 5.54. The molecule has 3 heterocycles. The van der Waals surface area contributed by atoms with Crippen molar-refractivity contribution >= 4 is 11.8 Å². The molecule has 2 saturated heterocycles. The Morgan fingerprint density at radius 2 is 2.04 bits per heavy atom. The van der Waals surface area contributed by atoms with Crippen LogP contribution in [0.4, 0.5) is 0 Å². The third kappa shape index (κ3) is 3.84. The van der Waals surface area contributed by atoms with Gasteiger partial charge in [0.05, 0.1) is 18.1 Å². The molecule has 0 saturated carbocycles. The molecule has 1 atom stereocenters. The Morgan fingerprint density at radius 1 is 1.32 bits per heavy atom. The van der Waals surface area contributed by atoms with Gasteiger partial charge in [0.25, 0.3) is 0 Å². The standard InChI is InChI=1S/C19H27N3O3/c1-3-19(4-2)14-21(9-10-25-19)18(24)16-11-17(23)22(13-16)12-15-5-7-20-8-6-15/h5-8,16H,3-4,9-14H2,1-2H3/t16-/m1/s1. The third-order valence-corrected chi connectivity index (χ3v) is 5.54. The Hall–Kier alpha value is -1.95. The fraction of sp³-hybridized carbons (Fsp3) is 0.632. The zero-order valence-electron chi connectivity index (χ0n) is 15.1. The maximum atomic E-state index is 12.9. The van der Waals surface area contributed by atoms with Gasteiger partial charge in [-0.2, -0.15) is 0 Å². The molecule has 1 aromatic rings. The number of carbonyl (C=O) groups is 2. The highest BCUT2D eigenvalue weighted by molar-refractivity contribution is 5.89. The first-order valence-electron chi connectivity index (χ1n) is 9.16.